The average molecular weight is 323 g/mol. The van der Waals surface area contributed by atoms with Crippen LogP contribution < -0.4 is 4.31 Å². The number of hydrogen-bond donors (Lipinski definition) is 1. The maximum absolute atomic E-state index is 12.8. The van der Waals surface area contributed by atoms with Crippen LogP contribution in [-0.2, 0) is 16.4 Å². The summed E-state index contributed by atoms with van der Waals surface area (Å²) in [6, 6.07) is 8.42. The highest BCUT2D eigenvalue weighted by molar-refractivity contribution is 7.94. The third-order valence-electron chi connectivity index (χ3n) is 3.48. The zero-order valence-corrected chi connectivity index (χ0v) is 12.8. The van der Waals surface area contributed by atoms with E-state index >= 15 is 0 Å². The topological polar surface area (TPSA) is 74.7 Å². The van der Waals surface area contributed by atoms with Gasteiger partial charge in [0.15, 0.2) is 0 Å². The van der Waals surface area contributed by atoms with Crippen molar-refractivity contribution in [3.05, 3.63) is 46.8 Å². The van der Waals surface area contributed by atoms with Crippen LogP contribution >= 0.6 is 11.3 Å². The van der Waals surface area contributed by atoms with Crippen LogP contribution in [0, 0.1) is 0 Å². The first-order chi connectivity index (χ1) is 9.91. The third-order valence-corrected chi connectivity index (χ3v) is 6.82. The minimum atomic E-state index is -3.73. The molecule has 1 aromatic heterocycles. The lowest BCUT2D eigenvalue weighted by molar-refractivity contribution is 0.0697. The lowest BCUT2D eigenvalue weighted by Gasteiger charge is -2.23. The van der Waals surface area contributed by atoms with Crippen molar-refractivity contribution in [2.24, 2.45) is 0 Å². The van der Waals surface area contributed by atoms with Gasteiger partial charge in [0.25, 0.3) is 10.0 Å². The molecule has 7 heteroatoms. The number of rotatable bonds is 3. The number of nitrogens with zero attached hydrogens (tertiary/aromatic N) is 1. The Kier molecular flexibility index (Phi) is 3.26. The fraction of sp³-hybridized carbons (Fsp3) is 0.214. The molecule has 5 nitrogen and oxygen atoms in total. The van der Waals surface area contributed by atoms with Crippen molar-refractivity contribution in [3.8, 4) is 0 Å². The van der Waals surface area contributed by atoms with Crippen LogP contribution in [0.4, 0.5) is 5.69 Å². The molecular weight excluding hydrogens is 310 g/mol. The van der Waals surface area contributed by atoms with E-state index in [1.807, 2.05) is 19.1 Å². The number of para-hydroxylation sites is 1. The Labute approximate surface area is 126 Å². The zero-order valence-electron chi connectivity index (χ0n) is 11.2. The van der Waals surface area contributed by atoms with Crippen molar-refractivity contribution in [1.82, 2.24) is 0 Å². The number of aromatic carboxylic acids is 1. The normalized spacial score (nSPS) is 17.8. The lowest BCUT2D eigenvalue weighted by Crippen LogP contribution is -2.35. The van der Waals surface area contributed by atoms with Gasteiger partial charge in [-0.15, -0.1) is 11.3 Å². The van der Waals surface area contributed by atoms with E-state index in [0.717, 1.165) is 16.9 Å². The minimum Gasteiger partial charge on any atom is -0.478 e. The average Bonchev–Trinajstić information content (AvgIpc) is 3.02. The van der Waals surface area contributed by atoms with Gasteiger partial charge in [0.05, 0.1) is 11.3 Å². The van der Waals surface area contributed by atoms with Gasteiger partial charge in [0.1, 0.15) is 4.21 Å². The van der Waals surface area contributed by atoms with Crippen LogP contribution in [0.5, 0.6) is 0 Å². The standard InChI is InChI=1S/C14H13NO4S2/c1-9-6-10-4-2-3-5-12(10)15(9)21(18,19)13-7-11(8-20-13)14(16)17/h2-5,7-9H,6H2,1H3,(H,16,17). The van der Waals surface area contributed by atoms with Gasteiger partial charge in [-0.2, -0.15) is 0 Å². The summed E-state index contributed by atoms with van der Waals surface area (Å²) in [6.45, 7) is 1.85. The van der Waals surface area contributed by atoms with Crippen LogP contribution in [0.25, 0.3) is 0 Å². The second-order valence-electron chi connectivity index (χ2n) is 4.94. The van der Waals surface area contributed by atoms with Gasteiger partial charge in [-0.25, -0.2) is 13.2 Å². The molecule has 0 radical (unpaired) electrons. The molecule has 2 heterocycles. The summed E-state index contributed by atoms with van der Waals surface area (Å²) in [7, 11) is -3.73. The first-order valence-electron chi connectivity index (χ1n) is 6.35. The number of carboxylic acids is 1. The number of thiophene rings is 1. The van der Waals surface area contributed by atoms with Crippen molar-refractivity contribution in [2.75, 3.05) is 4.31 Å². The molecule has 0 saturated carbocycles. The molecule has 1 N–H and O–H groups in total. The zero-order chi connectivity index (χ0) is 15.2. The summed E-state index contributed by atoms with van der Waals surface area (Å²) in [4.78, 5) is 10.9. The fourth-order valence-electron chi connectivity index (χ4n) is 2.56. The number of anilines is 1. The van der Waals surface area contributed by atoms with Crippen LogP contribution in [-0.4, -0.2) is 25.5 Å². The molecule has 1 unspecified atom stereocenters. The smallest absolute Gasteiger partial charge is 0.336 e. The Morgan fingerprint density at radius 3 is 2.76 bits per heavy atom. The molecule has 2 aromatic rings. The van der Waals surface area contributed by atoms with E-state index < -0.39 is 16.0 Å². The third kappa shape index (κ3) is 2.22. The quantitative estimate of drug-likeness (QED) is 0.942. The molecule has 0 spiro atoms. The molecule has 1 aliphatic heterocycles. The van der Waals surface area contributed by atoms with Crippen LogP contribution in [0.2, 0.25) is 0 Å². The number of benzene rings is 1. The highest BCUT2D eigenvalue weighted by atomic mass is 32.2. The Balaban J connectivity index is 2.08. The van der Waals surface area contributed by atoms with E-state index in [9.17, 15) is 13.2 Å². The van der Waals surface area contributed by atoms with E-state index in [1.165, 1.54) is 15.8 Å². The molecule has 0 aliphatic carbocycles. The van der Waals surface area contributed by atoms with Crippen LogP contribution in [0.3, 0.4) is 0 Å². The molecule has 110 valence electrons. The number of hydrogen-bond acceptors (Lipinski definition) is 4. The Bertz CT molecular complexity index is 810. The summed E-state index contributed by atoms with van der Waals surface area (Å²) in [5, 5.41) is 10.3. The number of fused-ring (bicyclic) bond motifs is 1. The van der Waals surface area contributed by atoms with Gasteiger partial charge in [-0.3, -0.25) is 4.31 Å². The van der Waals surface area contributed by atoms with Crippen LogP contribution in [0.1, 0.15) is 22.8 Å². The summed E-state index contributed by atoms with van der Waals surface area (Å²) in [6.07, 6.45) is 0.659. The number of carboxylic acid groups (broad SMARTS) is 1. The van der Waals surface area contributed by atoms with Crippen molar-refractivity contribution in [1.29, 1.82) is 0 Å². The molecule has 0 bridgehead atoms. The second-order valence-corrected chi connectivity index (χ2v) is 7.90. The van der Waals surface area contributed by atoms with Gasteiger partial charge < -0.3 is 5.11 Å². The Morgan fingerprint density at radius 2 is 2.10 bits per heavy atom. The van der Waals surface area contributed by atoms with E-state index in [1.54, 1.807) is 12.1 Å². The molecular formula is C14H13NO4S2. The Morgan fingerprint density at radius 1 is 1.38 bits per heavy atom. The molecule has 0 fully saturated rings. The molecule has 0 amide bonds. The largest absolute Gasteiger partial charge is 0.478 e. The van der Waals surface area contributed by atoms with Gasteiger partial charge in [0.2, 0.25) is 0 Å². The van der Waals surface area contributed by atoms with Crippen molar-refractivity contribution in [3.63, 3.8) is 0 Å². The summed E-state index contributed by atoms with van der Waals surface area (Å²) in [5.74, 6) is -1.12. The summed E-state index contributed by atoms with van der Waals surface area (Å²) in [5.41, 5.74) is 1.66. The predicted octanol–water partition coefficient (Wildman–Crippen LogP) is 2.59. The van der Waals surface area contributed by atoms with Gasteiger partial charge in [-0.1, -0.05) is 18.2 Å². The van der Waals surface area contributed by atoms with Gasteiger partial charge in [-0.05, 0) is 31.0 Å². The van der Waals surface area contributed by atoms with E-state index in [4.69, 9.17) is 5.11 Å². The monoisotopic (exact) mass is 323 g/mol. The summed E-state index contributed by atoms with van der Waals surface area (Å²) < 4.78 is 27.0. The summed E-state index contributed by atoms with van der Waals surface area (Å²) >= 11 is 0.938. The van der Waals surface area contributed by atoms with Crippen LogP contribution in [0.15, 0.2) is 39.9 Å². The van der Waals surface area contributed by atoms with E-state index in [-0.39, 0.29) is 15.8 Å². The maximum atomic E-state index is 12.8. The van der Waals surface area contributed by atoms with E-state index in [0.29, 0.717) is 12.1 Å². The fourth-order valence-corrected chi connectivity index (χ4v) is 5.50. The number of carbonyl (C=O) groups is 1. The molecule has 1 aliphatic rings. The van der Waals surface area contributed by atoms with Gasteiger partial charge in [0, 0.05) is 11.4 Å². The first kappa shape index (κ1) is 14.1. The maximum Gasteiger partial charge on any atom is 0.336 e. The van der Waals surface area contributed by atoms with Crippen molar-refractivity contribution < 1.29 is 18.3 Å². The van der Waals surface area contributed by atoms with Crippen molar-refractivity contribution >= 4 is 33.0 Å². The molecule has 3 rings (SSSR count). The molecule has 1 atom stereocenters. The predicted molar refractivity (Wildman–Crippen MR) is 80.6 cm³/mol. The molecule has 1 aromatic carbocycles. The Hall–Kier alpha value is -1.86. The SMILES string of the molecule is CC1Cc2ccccc2N1S(=O)(=O)c1cc(C(=O)O)cs1. The highest BCUT2D eigenvalue weighted by Crippen LogP contribution is 2.37. The van der Waals surface area contributed by atoms with E-state index in [2.05, 4.69) is 0 Å². The number of sulfonamides is 1. The van der Waals surface area contributed by atoms with Gasteiger partial charge >= 0.3 is 5.97 Å². The lowest BCUT2D eigenvalue weighted by atomic mass is 10.1. The first-order valence-corrected chi connectivity index (χ1v) is 8.67. The van der Waals surface area contributed by atoms with Crippen molar-refractivity contribution in [2.45, 2.75) is 23.6 Å². The molecule has 0 saturated heterocycles. The minimum absolute atomic E-state index is 0.00119. The second kappa shape index (κ2) is 4.85. The highest BCUT2D eigenvalue weighted by Gasteiger charge is 2.36. The molecule has 21 heavy (non-hydrogen) atoms.